The van der Waals surface area contributed by atoms with Gasteiger partial charge in [0.05, 0.1) is 11.3 Å². The third-order valence-corrected chi connectivity index (χ3v) is 4.27. The maximum atomic E-state index is 11.9. The topological polar surface area (TPSA) is 95.5 Å². The van der Waals surface area contributed by atoms with E-state index >= 15 is 0 Å². The summed E-state index contributed by atoms with van der Waals surface area (Å²) in [4.78, 5) is 10.6. The van der Waals surface area contributed by atoms with Crippen LogP contribution in [0.2, 0.25) is 0 Å². The van der Waals surface area contributed by atoms with Gasteiger partial charge in [0.1, 0.15) is 0 Å². The third kappa shape index (κ3) is 4.22. The van der Waals surface area contributed by atoms with Gasteiger partial charge in [-0.05, 0) is 37.1 Å². The van der Waals surface area contributed by atoms with Gasteiger partial charge in [-0.15, -0.1) is 0 Å². The molecule has 6 nitrogen and oxygen atoms in total. The number of carboxylic acid groups (broad SMARTS) is 1. The van der Waals surface area contributed by atoms with Crippen molar-refractivity contribution in [2.75, 3.05) is 11.9 Å². The highest BCUT2D eigenvalue weighted by Crippen LogP contribution is 2.22. The lowest BCUT2D eigenvalue weighted by Crippen LogP contribution is -2.25. The number of hydrogen-bond acceptors (Lipinski definition) is 4. The Bertz CT molecular complexity index is 550. The molecule has 1 aliphatic carbocycles. The third-order valence-electron chi connectivity index (χ3n) is 2.73. The van der Waals surface area contributed by atoms with Gasteiger partial charge in [0.2, 0.25) is 10.0 Å². The van der Waals surface area contributed by atoms with E-state index in [1.807, 2.05) is 0 Å². The second-order valence-corrected chi connectivity index (χ2v) is 6.20. The van der Waals surface area contributed by atoms with E-state index < -0.39 is 16.0 Å². The quantitative estimate of drug-likeness (QED) is 0.694. The second kappa shape index (κ2) is 5.58. The molecule has 104 valence electrons. The average molecular weight is 284 g/mol. The largest absolute Gasteiger partial charge is 0.481 e. The second-order valence-electron chi connectivity index (χ2n) is 4.49. The molecule has 7 heteroatoms. The lowest BCUT2D eigenvalue weighted by molar-refractivity contribution is -0.136. The van der Waals surface area contributed by atoms with Crippen LogP contribution in [0.25, 0.3) is 0 Å². The molecule has 0 atom stereocenters. The Balaban J connectivity index is 1.95. The van der Waals surface area contributed by atoms with Crippen molar-refractivity contribution in [3.8, 4) is 0 Å². The number of aliphatic carboxylic acids is 1. The standard InChI is InChI=1S/C12H16N2O4S/c15-12(16)7-8-13-9-3-5-11(6-4-9)19(17,18)14-10-1-2-10/h3-6,10,13-14H,1-2,7-8H2,(H,15,16). The van der Waals surface area contributed by atoms with Crippen LogP contribution in [0.4, 0.5) is 5.69 Å². The zero-order valence-corrected chi connectivity index (χ0v) is 11.1. The van der Waals surface area contributed by atoms with Crippen LogP contribution in [0.5, 0.6) is 0 Å². The fraction of sp³-hybridized carbons (Fsp3) is 0.417. The van der Waals surface area contributed by atoms with E-state index in [-0.39, 0.29) is 17.4 Å². The Labute approximate surface area is 111 Å². The van der Waals surface area contributed by atoms with Crippen molar-refractivity contribution in [3.63, 3.8) is 0 Å². The van der Waals surface area contributed by atoms with Crippen molar-refractivity contribution < 1.29 is 18.3 Å². The molecule has 1 aromatic rings. The highest BCUT2D eigenvalue weighted by Gasteiger charge is 2.27. The molecule has 3 N–H and O–H groups in total. The minimum absolute atomic E-state index is 0.0171. The van der Waals surface area contributed by atoms with Crippen LogP contribution in [-0.4, -0.2) is 32.1 Å². The van der Waals surface area contributed by atoms with Gasteiger partial charge in [0, 0.05) is 18.3 Å². The van der Waals surface area contributed by atoms with E-state index in [4.69, 9.17) is 5.11 Å². The highest BCUT2D eigenvalue weighted by molar-refractivity contribution is 7.89. The van der Waals surface area contributed by atoms with Gasteiger partial charge in [-0.25, -0.2) is 13.1 Å². The molecule has 1 aromatic carbocycles. The van der Waals surface area contributed by atoms with E-state index in [0.29, 0.717) is 12.2 Å². The van der Waals surface area contributed by atoms with Gasteiger partial charge >= 0.3 is 5.97 Å². The average Bonchev–Trinajstić information content (AvgIpc) is 3.12. The fourth-order valence-corrected chi connectivity index (χ4v) is 2.86. The predicted molar refractivity (Wildman–Crippen MR) is 70.5 cm³/mol. The van der Waals surface area contributed by atoms with E-state index in [1.54, 1.807) is 12.1 Å². The van der Waals surface area contributed by atoms with Crippen LogP contribution < -0.4 is 10.0 Å². The summed E-state index contributed by atoms with van der Waals surface area (Å²) in [5.41, 5.74) is 0.701. The van der Waals surface area contributed by atoms with Gasteiger partial charge in [0.15, 0.2) is 0 Å². The Morgan fingerprint density at radius 2 is 1.89 bits per heavy atom. The Morgan fingerprint density at radius 3 is 2.42 bits per heavy atom. The summed E-state index contributed by atoms with van der Waals surface area (Å²) in [5, 5.41) is 11.4. The van der Waals surface area contributed by atoms with Crippen molar-refractivity contribution in [2.24, 2.45) is 0 Å². The van der Waals surface area contributed by atoms with Crippen molar-refractivity contribution in [1.82, 2.24) is 4.72 Å². The van der Waals surface area contributed by atoms with Crippen LogP contribution in [0.3, 0.4) is 0 Å². The first-order valence-corrected chi connectivity index (χ1v) is 7.54. The fourth-order valence-electron chi connectivity index (χ4n) is 1.55. The van der Waals surface area contributed by atoms with Crippen LogP contribution in [0.15, 0.2) is 29.2 Å². The van der Waals surface area contributed by atoms with Crippen LogP contribution in [-0.2, 0) is 14.8 Å². The minimum atomic E-state index is -3.42. The monoisotopic (exact) mass is 284 g/mol. The summed E-state index contributed by atoms with van der Waals surface area (Å²) < 4.78 is 26.4. The molecule has 2 rings (SSSR count). The Hall–Kier alpha value is -1.60. The van der Waals surface area contributed by atoms with E-state index in [1.165, 1.54) is 12.1 Å². The van der Waals surface area contributed by atoms with Crippen LogP contribution in [0.1, 0.15) is 19.3 Å². The molecule has 0 amide bonds. The maximum absolute atomic E-state index is 11.9. The summed E-state index contributed by atoms with van der Waals surface area (Å²) in [5.74, 6) is -0.875. The molecule has 1 fully saturated rings. The number of benzene rings is 1. The van der Waals surface area contributed by atoms with E-state index in [2.05, 4.69) is 10.0 Å². The number of sulfonamides is 1. The van der Waals surface area contributed by atoms with E-state index in [9.17, 15) is 13.2 Å². The Morgan fingerprint density at radius 1 is 1.26 bits per heavy atom. The van der Waals surface area contributed by atoms with Crippen molar-refractivity contribution in [2.45, 2.75) is 30.2 Å². The van der Waals surface area contributed by atoms with Gasteiger partial charge in [-0.1, -0.05) is 0 Å². The summed E-state index contributed by atoms with van der Waals surface area (Å²) in [7, 11) is -3.42. The summed E-state index contributed by atoms with van der Waals surface area (Å²) in [6, 6.07) is 6.35. The first-order valence-electron chi connectivity index (χ1n) is 6.05. The van der Waals surface area contributed by atoms with Crippen LogP contribution >= 0.6 is 0 Å². The minimum Gasteiger partial charge on any atom is -0.481 e. The van der Waals surface area contributed by atoms with Crippen molar-refractivity contribution in [1.29, 1.82) is 0 Å². The first-order chi connectivity index (χ1) is 8.97. The molecular formula is C12H16N2O4S. The van der Waals surface area contributed by atoms with Crippen LogP contribution in [0, 0.1) is 0 Å². The molecule has 1 aliphatic rings. The summed E-state index contributed by atoms with van der Waals surface area (Å²) in [6.07, 6.45) is 1.81. The molecule has 0 saturated heterocycles. The number of anilines is 1. The molecular weight excluding hydrogens is 268 g/mol. The Kier molecular flexibility index (Phi) is 4.06. The van der Waals surface area contributed by atoms with E-state index in [0.717, 1.165) is 12.8 Å². The first kappa shape index (κ1) is 13.8. The number of carboxylic acids is 1. The lowest BCUT2D eigenvalue weighted by atomic mass is 10.3. The zero-order valence-electron chi connectivity index (χ0n) is 10.3. The lowest BCUT2D eigenvalue weighted by Gasteiger charge is -2.08. The number of rotatable bonds is 7. The predicted octanol–water partition coefficient (Wildman–Crippen LogP) is 1.01. The molecule has 0 heterocycles. The zero-order chi connectivity index (χ0) is 13.9. The molecule has 0 unspecified atom stereocenters. The molecule has 19 heavy (non-hydrogen) atoms. The molecule has 0 bridgehead atoms. The molecule has 1 saturated carbocycles. The number of hydrogen-bond donors (Lipinski definition) is 3. The maximum Gasteiger partial charge on any atom is 0.305 e. The highest BCUT2D eigenvalue weighted by atomic mass is 32.2. The van der Waals surface area contributed by atoms with Crippen molar-refractivity contribution >= 4 is 21.7 Å². The van der Waals surface area contributed by atoms with Crippen molar-refractivity contribution in [3.05, 3.63) is 24.3 Å². The van der Waals surface area contributed by atoms with Gasteiger partial charge < -0.3 is 10.4 Å². The molecule has 0 spiro atoms. The summed E-state index contributed by atoms with van der Waals surface area (Å²) >= 11 is 0. The molecule has 0 aliphatic heterocycles. The van der Waals surface area contributed by atoms with Gasteiger partial charge in [-0.3, -0.25) is 4.79 Å². The van der Waals surface area contributed by atoms with Gasteiger partial charge in [0.25, 0.3) is 0 Å². The summed E-state index contributed by atoms with van der Waals surface area (Å²) in [6.45, 7) is 0.307. The smallest absolute Gasteiger partial charge is 0.305 e. The van der Waals surface area contributed by atoms with Gasteiger partial charge in [-0.2, -0.15) is 0 Å². The molecule has 0 radical (unpaired) electrons. The normalized spacial score (nSPS) is 15.2. The number of carbonyl (C=O) groups is 1. The SMILES string of the molecule is O=C(O)CCNc1ccc(S(=O)(=O)NC2CC2)cc1. The molecule has 0 aromatic heterocycles. The number of nitrogens with one attached hydrogen (secondary N) is 2.